The predicted molar refractivity (Wildman–Crippen MR) is 117 cm³/mol. The molecular formula is C20H10ClF4N5O3S. The molecule has 34 heavy (non-hydrogen) atoms. The summed E-state index contributed by atoms with van der Waals surface area (Å²) in [5.41, 5.74) is -3.16. The molecule has 0 atom stereocenters. The summed E-state index contributed by atoms with van der Waals surface area (Å²) in [4.78, 5) is 32.8. The van der Waals surface area contributed by atoms with Crippen LogP contribution in [0.1, 0.15) is 5.69 Å². The summed E-state index contributed by atoms with van der Waals surface area (Å²) in [6.45, 7) is 0. The number of hydrogen-bond acceptors (Lipinski definition) is 6. The van der Waals surface area contributed by atoms with Crippen molar-refractivity contribution >= 4 is 44.1 Å². The molecule has 8 nitrogen and oxygen atoms in total. The van der Waals surface area contributed by atoms with Gasteiger partial charge in [0.25, 0.3) is 5.56 Å². The van der Waals surface area contributed by atoms with E-state index in [-0.39, 0.29) is 32.2 Å². The maximum atomic E-state index is 13.9. The fraction of sp³-hybridized carbons (Fsp3) is 0.100. The van der Waals surface area contributed by atoms with Gasteiger partial charge in [-0.25, -0.2) is 13.8 Å². The standard InChI is InChI=1S/C20H10ClF4N5O3S/c1-33-13-2-7(8(21)3-9(13)22)14-4-10-16(34-14)18(31)30(19(32)27-10)12-6-26-5-11-15(12)17(29-28-11)20(23,24)25/h2-6H,1H3,(H,27,32)(H,28,29). The lowest BCUT2D eigenvalue weighted by Gasteiger charge is -2.08. The molecule has 5 aromatic rings. The first kappa shape index (κ1) is 22.1. The quantitative estimate of drug-likeness (QED) is 0.347. The van der Waals surface area contributed by atoms with Crippen LogP contribution in [0.3, 0.4) is 0 Å². The van der Waals surface area contributed by atoms with E-state index in [0.717, 1.165) is 29.8 Å². The number of pyridine rings is 1. The Morgan fingerprint density at radius 2 is 1.91 bits per heavy atom. The van der Waals surface area contributed by atoms with Gasteiger partial charge in [0.1, 0.15) is 4.70 Å². The second kappa shape index (κ2) is 7.67. The topological polar surface area (TPSA) is 106 Å². The summed E-state index contributed by atoms with van der Waals surface area (Å²) in [6, 6.07) is 3.85. The van der Waals surface area contributed by atoms with Crippen molar-refractivity contribution in [3.63, 3.8) is 0 Å². The molecule has 0 bridgehead atoms. The Morgan fingerprint density at radius 3 is 2.62 bits per heavy atom. The van der Waals surface area contributed by atoms with E-state index in [4.69, 9.17) is 16.3 Å². The van der Waals surface area contributed by atoms with Gasteiger partial charge in [-0.1, -0.05) is 11.6 Å². The molecule has 174 valence electrons. The maximum absolute atomic E-state index is 13.9. The van der Waals surface area contributed by atoms with E-state index in [1.165, 1.54) is 19.2 Å². The average molecular weight is 512 g/mol. The first-order valence-electron chi connectivity index (χ1n) is 9.32. The Kier molecular flexibility index (Phi) is 4.98. The van der Waals surface area contributed by atoms with Crippen LogP contribution in [0.2, 0.25) is 5.02 Å². The van der Waals surface area contributed by atoms with Crippen molar-refractivity contribution in [3.05, 3.63) is 68.0 Å². The number of fused-ring (bicyclic) bond motifs is 2. The number of hydrogen-bond donors (Lipinski definition) is 2. The highest BCUT2D eigenvalue weighted by atomic mass is 35.5. The van der Waals surface area contributed by atoms with E-state index < -0.39 is 34.3 Å². The van der Waals surface area contributed by atoms with Crippen LogP contribution in [-0.2, 0) is 6.18 Å². The molecule has 0 fully saturated rings. The van der Waals surface area contributed by atoms with Crippen molar-refractivity contribution in [2.24, 2.45) is 0 Å². The van der Waals surface area contributed by atoms with Crippen molar-refractivity contribution in [3.8, 4) is 21.9 Å². The molecule has 4 heterocycles. The highest BCUT2D eigenvalue weighted by molar-refractivity contribution is 7.22. The van der Waals surface area contributed by atoms with Crippen LogP contribution in [-0.4, -0.2) is 31.8 Å². The minimum atomic E-state index is -4.84. The van der Waals surface area contributed by atoms with E-state index in [1.807, 2.05) is 0 Å². The lowest BCUT2D eigenvalue weighted by Crippen LogP contribution is -2.33. The normalized spacial score (nSPS) is 12.1. The van der Waals surface area contributed by atoms with Gasteiger partial charge < -0.3 is 9.72 Å². The van der Waals surface area contributed by atoms with Crippen molar-refractivity contribution in [2.45, 2.75) is 6.18 Å². The number of ether oxygens (including phenoxy) is 1. The number of benzene rings is 1. The van der Waals surface area contributed by atoms with Crippen LogP contribution < -0.4 is 16.0 Å². The Labute approximate surface area is 194 Å². The van der Waals surface area contributed by atoms with E-state index in [0.29, 0.717) is 15.0 Å². The molecule has 0 aliphatic carbocycles. The third kappa shape index (κ3) is 3.35. The highest BCUT2D eigenvalue weighted by Crippen LogP contribution is 2.39. The van der Waals surface area contributed by atoms with Gasteiger partial charge in [0.05, 0.1) is 46.6 Å². The largest absolute Gasteiger partial charge is 0.494 e. The molecule has 4 aromatic heterocycles. The molecule has 0 saturated carbocycles. The highest BCUT2D eigenvalue weighted by Gasteiger charge is 2.37. The number of thiophene rings is 1. The van der Waals surface area contributed by atoms with Crippen molar-refractivity contribution in [1.82, 2.24) is 24.7 Å². The molecule has 14 heteroatoms. The molecule has 0 aliphatic rings. The summed E-state index contributed by atoms with van der Waals surface area (Å²) in [7, 11) is 1.27. The number of methoxy groups -OCH3 is 1. The second-order valence-corrected chi connectivity index (χ2v) is 8.50. The van der Waals surface area contributed by atoms with Crippen molar-refractivity contribution < 1.29 is 22.3 Å². The monoisotopic (exact) mass is 511 g/mol. The SMILES string of the molecule is COc1cc(-c2cc3[nH]c(=O)n(-c4cncc5[nH]nc(C(F)(F)F)c45)c(=O)c3s2)c(Cl)cc1F. The van der Waals surface area contributed by atoms with Crippen LogP contribution in [0.4, 0.5) is 17.6 Å². The van der Waals surface area contributed by atoms with E-state index in [9.17, 15) is 27.2 Å². The fourth-order valence-electron chi connectivity index (χ4n) is 3.56. The van der Waals surface area contributed by atoms with Crippen LogP contribution in [0.15, 0.2) is 40.2 Å². The van der Waals surface area contributed by atoms with Gasteiger partial charge >= 0.3 is 11.9 Å². The third-order valence-electron chi connectivity index (χ3n) is 5.04. The number of H-pyrrole nitrogens is 2. The summed E-state index contributed by atoms with van der Waals surface area (Å²) in [5, 5.41) is 5.05. The summed E-state index contributed by atoms with van der Waals surface area (Å²) < 4.78 is 60.0. The Morgan fingerprint density at radius 1 is 1.15 bits per heavy atom. The Balaban J connectivity index is 1.78. The van der Waals surface area contributed by atoms with Gasteiger partial charge in [-0.15, -0.1) is 11.3 Å². The smallest absolute Gasteiger partial charge is 0.435 e. The number of alkyl halides is 3. The van der Waals surface area contributed by atoms with Gasteiger partial charge in [-0.2, -0.15) is 18.3 Å². The molecular weight excluding hydrogens is 502 g/mol. The van der Waals surface area contributed by atoms with Gasteiger partial charge in [-0.05, 0) is 18.2 Å². The zero-order chi connectivity index (χ0) is 24.4. The van der Waals surface area contributed by atoms with Crippen LogP contribution in [0.25, 0.3) is 37.2 Å². The fourth-order valence-corrected chi connectivity index (χ4v) is 4.95. The molecule has 0 radical (unpaired) electrons. The second-order valence-electron chi connectivity index (χ2n) is 7.04. The van der Waals surface area contributed by atoms with E-state index in [1.54, 1.807) is 0 Å². The zero-order valence-electron chi connectivity index (χ0n) is 16.8. The minimum Gasteiger partial charge on any atom is -0.494 e. The summed E-state index contributed by atoms with van der Waals surface area (Å²) in [6.07, 6.45) is -2.76. The number of aromatic nitrogens is 5. The van der Waals surface area contributed by atoms with E-state index in [2.05, 4.69) is 20.2 Å². The number of nitrogens with one attached hydrogen (secondary N) is 2. The maximum Gasteiger partial charge on any atom is 0.435 e. The first-order valence-corrected chi connectivity index (χ1v) is 10.5. The first-order chi connectivity index (χ1) is 16.1. The van der Waals surface area contributed by atoms with Crippen LogP contribution >= 0.6 is 22.9 Å². The molecule has 0 spiro atoms. The van der Waals surface area contributed by atoms with Gasteiger partial charge in [0.15, 0.2) is 17.3 Å². The van der Waals surface area contributed by atoms with Crippen LogP contribution in [0, 0.1) is 5.82 Å². The minimum absolute atomic E-state index is 0.0306. The summed E-state index contributed by atoms with van der Waals surface area (Å²) in [5.74, 6) is -0.769. The summed E-state index contributed by atoms with van der Waals surface area (Å²) >= 11 is 7.08. The van der Waals surface area contributed by atoms with Crippen molar-refractivity contribution in [2.75, 3.05) is 7.11 Å². The lowest BCUT2D eigenvalue weighted by atomic mass is 10.1. The molecule has 2 N–H and O–H groups in total. The van der Waals surface area contributed by atoms with E-state index >= 15 is 0 Å². The molecule has 0 unspecified atom stereocenters. The number of nitrogens with zero attached hydrogens (tertiary/aromatic N) is 3. The predicted octanol–water partition coefficient (Wildman–Crippen LogP) is 4.50. The number of aromatic amines is 2. The molecule has 0 saturated heterocycles. The lowest BCUT2D eigenvalue weighted by molar-refractivity contribution is -0.139. The Hall–Kier alpha value is -3.71. The van der Waals surface area contributed by atoms with Gasteiger partial charge in [0, 0.05) is 10.4 Å². The molecule has 5 rings (SSSR count). The van der Waals surface area contributed by atoms with Crippen LogP contribution in [0.5, 0.6) is 5.75 Å². The van der Waals surface area contributed by atoms with Crippen molar-refractivity contribution in [1.29, 1.82) is 0 Å². The molecule has 0 amide bonds. The van der Waals surface area contributed by atoms with Gasteiger partial charge in [0.2, 0.25) is 0 Å². The Bertz CT molecular complexity index is 1720. The number of rotatable bonds is 3. The molecule has 0 aliphatic heterocycles. The molecule has 1 aromatic carbocycles. The zero-order valence-corrected chi connectivity index (χ0v) is 18.3. The average Bonchev–Trinajstić information content (AvgIpc) is 3.38. The third-order valence-corrected chi connectivity index (χ3v) is 6.51. The number of halogens is 5. The van der Waals surface area contributed by atoms with Gasteiger partial charge in [-0.3, -0.25) is 14.9 Å².